The van der Waals surface area contributed by atoms with Crippen LogP contribution in [0.1, 0.15) is 5.56 Å². The topological polar surface area (TPSA) is 59.1 Å². The SMILES string of the molecule is Cc1cc(S(=O)(=O)Nc2ccc(Br)nc2)sc1Br. The third-order valence-electron chi connectivity index (χ3n) is 2.08. The van der Waals surface area contributed by atoms with Crippen LogP contribution < -0.4 is 4.72 Å². The second-order valence-corrected chi connectivity index (χ2v) is 8.59. The van der Waals surface area contributed by atoms with Gasteiger partial charge in [-0.2, -0.15) is 0 Å². The highest BCUT2D eigenvalue weighted by atomic mass is 79.9. The number of aryl methyl sites for hydroxylation is 1. The number of halogens is 2. The van der Waals surface area contributed by atoms with Gasteiger partial charge in [-0.25, -0.2) is 13.4 Å². The molecule has 0 saturated carbocycles. The summed E-state index contributed by atoms with van der Waals surface area (Å²) in [5.41, 5.74) is 1.33. The number of sulfonamides is 1. The fraction of sp³-hybridized carbons (Fsp3) is 0.100. The lowest BCUT2D eigenvalue weighted by atomic mass is 10.4. The number of aromatic nitrogens is 1. The highest BCUT2D eigenvalue weighted by molar-refractivity contribution is 9.11. The normalized spacial score (nSPS) is 11.5. The molecule has 18 heavy (non-hydrogen) atoms. The molecule has 0 aliphatic rings. The largest absolute Gasteiger partial charge is 0.277 e. The van der Waals surface area contributed by atoms with E-state index in [1.165, 1.54) is 17.5 Å². The Balaban J connectivity index is 2.29. The molecule has 0 fully saturated rings. The Hall–Kier alpha value is -0.440. The zero-order valence-corrected chi connectivity index (χ0v) is 14.0. The predicted molar refractivity (Wildman–Crippen MR) is 79.5 cm³/mol. The minimum atomic E-state index is -3.54. The summed E-state index contributed by atoms with van der Waals surface area (Å²) in [5, 5.41) is 0. The van der Waals surface area contributed by atoms with Crippen LogP contribution in [0, 0.1) is 6.92 Å². The van der Waals surface area contributed by atoms with Crippen LogP contribution in [-0.2, 0) is 10.0 Å². The van der Waals surface area contributed by atoms with Crippen LogP contribution in [0.5, 0.6) is 0 Å². The van der Waals surface area contributed by atoms with Crippen molar-refractivity contribution in [1.82, 2.24) is 4.98 Å². The van der Waals surface area contributed by atoms with Crippen molar-refractivity contribution in [2.45, 2.75) is 11.1 Å². The van der Waals surface area contributed by atoms with Crippen molar-refractivity contribution in [2.24, 2.45) is 0 Å². The minimum absolute atomic E-state index is 0.273. The van der Waals surface area contributed by atoms with Crippen LogP contribution in [0.4, 0.5) is 5.69 Å². The fourth-order valence-electron chi connectivity index (χ4n) is 1.21. The Morgan fingerprint density at radius 1 is 1.33 bits per heavy atom. The van der Waals surface area contributed by atoms with Crippen LogP contribution in [0.15, 0.2) is 37.0 Å². The zero-order chi connectivity index (χ0) is 13.3. The first kappa shape index (κ1) is 14.0. The first-order valence-electron chi connectivity index (χ1n) is 4.79. The molecule has 4 nitrogen and oxygen atoms in total. The molecular weight excluding hydrogens is 404 g/mol. The van der Waals surface area contributed by atoms with E-state index in [9.17, 15) is 8.42 Å². The molecule has 0 unspecified atom stereocenters. The summed E-state index contributed by atoms with van der Waals surface area (Å²) in [6.45, 7) is 1.85. The van der Waals surface area contributed by atoms with Crippen LogP contribution in [0.2, 0.25) is 0 Å². The molecule has 8 heteroatoms. The molecule has 0 atom stereocenters. The van der Waals surface area contributed by atoms with Gasteiger partial charge in [0.25, 0.3) is 10.0 Å². The summed E-state index contributed by atoms with van der Waals surface area (Å²) in [4.78, 5) is 3.96. The van der Waals surface area contributed by atoms with Gasteiger partial charge in [0.15, 0.2) is 0 Å². The van der Waals surface area contributed by atoms with E-state index in [0.29, 0.717) is 10.3 Å². The number of nitrogens with zero attached hydrogens (tertiary/aromatic N) is 1. The van der Waals surface area contributed by atoms with E-state index in [1.807, 2.05) is 6.92 Å². The first-order chi connectivity index (χ1) is 8.38. The van der Waals surface area contributed by atoms with E-state index in [2.05, 4.69) is 41.6 Å². The van der Waals surface area contributed by atoms with Gasteiger partial charge in [-0.15, -0.1) is 11.3 Å². The van der Waals surface area contributed by atoms with Crippen molar-refractivity contribution >= 4 is 58.9 Å². The van der Waals surface area contributed by atoms with E-state index in [-0.39, 0.29) is 4.21 Å². The molecule has 0 radical (unpaired) electrons. The molecule has 96 valence electrons. The molecule has 0 amide bonds. The number of rotatable bonds is 3. The zero-order valence-electron chi connectivity index (χ0n) is 9.15. The van der Waals surface area contributed by atoms with Gasteiger partial charge in [-0.1, -0.05) is 0 Å². The van der Waals surface area contributed by atoms with Crippen molar-refractivity contribution < 1.29 is 8.42 Å². The monoisotopic (exact) mass is 410 g/mol. The maximum Gasteiger partial charge on any atom is 0.271 e. The molecule has 2 aromatic heterocycles. The summed E-state index contributed by atoms with van der Waals surface area (Å²) in [7, 11) is -3.54. The summed E-state index contributed by atoms with van der Waals surface area (Å²) >= 11 is 7.68. The number of hydrogen-bond donors (Lipinski definition) is 1. The summed E-state index contributed by atoms with van der Waals surface area (Å²) in [6, 6.07) is 4.95. The molecule has 2 heterocycles. The number of thiophene rings is 1. The van der Waals surface area contributed by atoms with Crippen molar-refractivity contribution in [3.05, 3.63) is 38.3 Å². The molecule has 2 rings (SSSR count). The molecule has 0 aliphatic carbocycles. The van der Waals surface area contributed by atoms with Gasteiger partial charge < -0.3 is 0 Å². The third-order valence-corrected chi connectivity index (χ3v) is 6.54. The predicted octanol–water partition coefficient (Wildman–Crippen LogP) is 3.78. The van der Waals surface area contributed by atoms with E-state index in [0.717, 1.165) is 9.35 Å². The molecule has 0 aliphatic heterocycles. The maximum atomic E-state index is 12.1. The van der Waals surface area contributed by atoms with E-state index in [1.54, 1.807) is 18.2 Å². The molecule has 0 aromatic carbocycles. The Kier molecular flexibility index (Phi) is 4.10. The molecule has 1 N–H and O–H groups in total. The van der Waals surface area contributed by atoms with Gasteiger partial charge in [-0.05, 0) is 62.5 Å². The second kappa shape index (κ2) is 5.28. The standard InChI is InChI=1S/C10H8Br2N2O2S2/c1-6-4-9(17-10(6)12)18(15,16)14-7-2-3-8(11)13-5-7/h2-5,14H,1H3. The third kappa shape index (κ3) is 3.11. The van der Waals surface area contributed by atoms with Crippen molar-refractivity contribution in [2.75, 3.05) is 4.72 Å². The number of pyridine rings is 1. The van der Waals surface area contributed by atoms with Crippen LogP contribution in [-0.4, -0.2) is 13.4 Å². The summed E-state index contributed by atoms with van der Waals surface area (Å²) in [5.74, 6) is 0. The molecule has 0 saturated heterocycles. The second-order valence-electron chi connectivity index (χ2n) is 3.50. The Morgan fingerprint density at radius 2 is 2.06 bits per heavy atom. The van der Waals surface area contributed by atoms with Crippen molar-refractivity contribution in [3.8, 4) is 0 Å². The quantitative estimate of drug-likeness (QED) is 0.781. The minimum Gasteiger partial charge on any atom is -0.277 e. The number of nitrogens with one attached hydrogen (secondary N) is 1. The van der Waals surface area contributed by atoms with Gasteiger partial charge in [0, 0.05) is 0 Å². The van der Waals surface area contributed by atoms with Crippen molar-refractivity contribution in [3.63, 3.8) is 0 Å². The van der Waals surface area contributed by atoms with Gasteiger partial charge in [0.05, 0.1) is 15.7 Å². The number of hydrogen-bond acceptors (Lipinski definition) is 4. The molecule has 0 spiro atoms. The maximum absolute atomic E-state index is 12.1. The van der Waals surface area contributed by atoms with Crippen LogP contribution in [0.3, 0.4) is 0 Å². The van der Waals surface area contributed by atoms with E-state index < -0.39 is 10.0 Å². The summed E-state index contributed by atoms with van der Waals surface area (Å²) < 4.78 is 28.4. The average Bonchev–Trinajstić information content (AvgIpc) is 2.63. The Morgan fingerprint density at radius 3 is 2.56 bits per heavy atom. The van der Waals surface area contributed by atoms with Gasteiger partial charge in [0.2, 0.25) is 0 Å². The van der Waals surface area contributed by atoms with Gasteiger partial charge in [-0.3, -0.25) is 4.72 Å². The lowest BCUT2D eigenvalue weighted by Crippen LogP contribution is -2.11. The molecule has 0 bridgehead atoms. The van der Waals surface area contributed by atoms with Crippen LogP contribution in [0.25, 0.3) is 0 Å². The van der Waals surface area contributed by atoms with E-state index >= 15 is 0 Å². The van der Waals surface area contributed by atoms with Gasteiger partial charge in [0.1, 0.15) is 8.81 Å². The summed E-state index contributed by atoms with van der Waals surface area (Å²) in [6.07, 6.45) is 1.46. The highest BCUT2D eigenvalue weighted by Crippen LogP contribution is 2.31. The Bertz CT molecular complexity index is 646. The first-order valence-corrected chi connectivity index (χ1v) is 8.67. The highest BCUT2D eigenvalue weighted by Gasteiger charge is 2.18. The average molecular weight is 412 g/mol. The Labute approximate surface area is 126 Å². The molecular formula is C10H8Br2N2O2S2. The lowest BCUT2D eigenvalue weighted by molar-refractivity contribution is 0.603. The molecule has 2 aromatic rings. The van der Waals surface area contributed by atoms with Gasteiger partial charge >= 0.3 is 0 Å². The fourth-order valence-corrected chi connectivity index (χ4v) is 4.71. The van der Waals surface area contributed by atoms with Crippen molar-refractivity contribution in [1.29, 1.82) is 0 Å². The van der Waals surface area contributed by atoms with E-state index in [4.69, 9.17) is 0 Å². The smallest absolute Gasteiger partial charge is 0.271 e. The number of anilines is 1. The lowest BCUT2D eigenvalue weighted by Gasteiger charge is -2.05. The van der Waals surface area contributed by atoms with Crippen LogP contribution >= 0.6 is 43.2 Å².